The van der Waals surface area contributed by atoms with Crippen molar-refractivity contribution in [1.82, 2.24) is 0 Å². The Kier molecular flexibility index (Phi) is 8.31. The SMILES string of the molecule is CC(C)(C)c1ccc2cc(C(C)(OP(O)O)c3cc4ccc(C(C)(C)C)cc4cc3C(C)(C)C)c(C(C)(C)C)cc2c1. The minimum Gasteiger partial charge on any atom is -0.328 e. The number of fused-ring (bicyclic) bond motifs is 2. The van der Waals surface area contributed by atoms with E-state index in [0.717, 1.165) is 33.0 Å². The van der Waals surface area contributed by atoms with Crippen LogP contribution in [0.25, 0.3) is 21.5 Å². The second-order valence-corrected chi connectivity index (χ2v) is 17.0. The average Bonchev–Trinajstić information content (AvgIpc) is 2.83. The first-order chi connectivity index (χ1) is 19.0. The van der Waals surface area contributed by atoms with E-state index in [2.05, 4.69) is 144 Å². The molecule has 0 bridgehead atoms. The summed E-state index contributed by atoms with van der Waals surface area (Å²) in [4.78, 5) is 20.9. The Morgan fingerprint density at radius 2 is 0.762 bits per heavy atom. The van der Waals surface area contributed by atoms with Gasteiger partial charge in [0.1, 0.15) is 5.60 Å². The topological polar surface area (TPSA) is 49.7 Å². The smallest absolute Gasteiger partial charge is 0.328 e. The molecule has 0 aliphatic rings. The van der Waals surface area contributed by atoms with Crippen molar-refractivity contribution in [2.45, 2.75) is 117 Å². The highest BCUT2D eigenvalue weighted by molar-refractivity contribution is 7.39. The van der Waals surface area contributed by atoms with Crippen LogP contribution >= 0.6 is 8.60 Å². The lowest BCUT2D eigenvalue weighted by Crippen LogP contribution is -2.33. The quantitative estimate of drug-likeness (QED) is 0.234. The molecule has 4 rings (SSSR count). The Balaban J connectivity index is 2.12. The van der Waals surface area contributed by atoms with Crippen molar-refractivity contribution in [3.05, 3.63) is 94.0 Å². The zero-order valence-corrected chi connectivity index (χ0v) is 28.9. The van der Waals surface area contributed by atoms with Crippen LogP contribution in [0.4, 0.5) is 0 Å². The molecule has 0 spiro atoms. The molecular formula is C38H51O3P. The van der Waals surface area contributed by atoms with Gasteiger partial charge in [-0.25, -0.2) is 0 Å². The molecule has 0 saturated carbocycles. The molecule has 0 amide bonds. The lowest BCUT2D eigenvalue weighted by molar-refractivity contribution is 0.106. The second-order valence-electron chi connectivity index (χ2n) is 16.3. The number of hydrogen-bond acceptors (Lipinski definition) is 3. The maximum Gasteiger partial charge on any atom is 0.328 e. The standard InChI is InChI=1S/C38H51O3P/c1-34(2,3)28-16-14-24-20-32(30(36(7,8)9)22-26(24)18-28)38(13,41-42(39)40)33-21-25-15-17-29(35(4,5)6)19-27(25)23-31(33)37(10,11)12/h14-23,39-40H,1-13H3. The lowest BCUT2D eigenvalue weighted by Gasteiger charge is -2.39. The van der Waals surface area contributed by atoms with Gasteiger partial charge in [-0.05, 0) is 95.6 Å². The Hall–Kier alpha value is -2.29. The van der Waals surface area contributed by atoms with Gasteiger partial charge in [-0.1, -0.05) is 132 Å². The first-order valence-electron chi connectivity index (χ1n) is 15.1. The summed E-state index contributed by atoms with van der Waals surface area (Å²) in [7, 11) is -2.66. The van der Waals surface area contributed by atoms with Gasteiger partial charge in [0, 0.05) is 0 Å². The van der Waals surface area contributed by atoms with Crippen molar-refractivity contribution < 1.29 is 14.3 Å². The van der Waals surface area contributed by atoms with Crippen molar-refractivity contribution in [2.24, 2.45) is 0 Å². The van der Waals surface area contributed by atoms with E-state index in [1.807, 2.05) is 6.92 Å². The first kappa shape index (κ1) is 32.6. The predicted molar refractivity (Wildman–Crippen MR) is 182 cm³/mol. The zero-order chi connectivity index (χ0) is 31.6. The van der Waals surface area contributed by atoms with Crippen LogP contribution in [0.15, 0.2) is 60.7 Å². The summed E-state index contributed by atoms with van der Waals surface area (Å²) in [6.07, 6.45) is 0. The van der Waals surface area contributed by atoms with Crippen LogP contribution in [0.3, 0.4) is 0 Å². The van der Waals surface area contributed by atoms with Crippen molar-refractivity contribution in [1.29, 1.82) is 0 Å². The van der Waals surface area contributed by atoms with Gasteiger partial charge in [0.25, 0.3) is 0 Å². The molecule has 226 valence electrons. The van der Waals surface area contributed by atoms with E-state index < -0.39 is 14.2 Å². The van der Waals surface area contributed by atoms with Gasteiger partial charge in [-0.2, -0.15) is 0 Å². The lowest BCUT2D eigenvalue weighted by atomic mass is 9.71. The van der Waals surface area contributed by atoms with Crippen LogP contribution < -0.4 is 0 Å². The Morgan fingerprint density at radius 1 is 0.429 bits per heavy atom. The van der Waals surface area contributed by atoms with Gasteiger partial charge < -0.3 is 9.79 Å². The second kappa shape index (κ2) is 10.7. The molecule has 0 fully saturated rings. The summed E-state index contributed by atoms with van der Waals surface area (Å²) in [5.41, 5.74) is 5.26. The van der Waals surface area contributed by atoms with Crippen molar-refractivity contribution in [2.75, 3.05) is 0 Å². The van der Waals surface area contributed by atoms with Crippen LogP contribution in [0.2, 0.25) is 0 Å². The van der Waals surface area contributed by atoms with Crippen LogP contribution in [-0.2, 0) is 31.8 Å². The molecule has 0 unspecified atom stereocenters. The summed E-state index contributed by atoms with van der Waals surface area (Å²) in [5.74, 6) is 0. The maximum atomic E-state index is 10.5. The molecule has 4 aromatic carbocycles. The molecule has 2 N–H and O–H groups in total. The number of hydrogen-bond donors (Lipinski definition) is 2. The van der Waals surface area contributed by atoms with Crippen molar-refractivity contribution in [3.8, 4) is 0 Å². The highest BCUT2D eigenvalue weighted by Gasteiger charge is 2.41. The normalized spacial score (nSPS) is 13.9. The minimum atomic E-state index is -2.66. The molecule has 0 heterocycles. The van der Waals surface area contributed by atoms with E-state index in [4.69, 9.17) is 4.52 Å². The summed E-state index contributed by atoms with van der Waals surface area (Å²) in [6.45, 7) is 28.7. The molecule has 0 saturated heterocycles. The highest BCUT2D eigenvalue weighted by atomic mass is 31.2. The van der Waals surface area contributed by atoms with E-state index in [9.17, 15) is 9.79 Å². The predicted octanol–water partition coefficient (Wildman–Crippen LogP) is 10.7. The summed E-state index contributed by atoms with van der Waals surface area (Å²) in [6, 6.07) is 22.4. The molecule has 0 atom stereocenters. The molecule has 42 heavy (non-hydrogen) atoms. The fraction of sp³-hybridized carbons (Fsp3) is 0.474. The summed E-state index contributed by atoms with van der Waals surface area (Å²) < 4.78 is 6.31. The monoisotopic (exact) mass is 586 g/mol. The number of rotatable bonds is 4. The van der Waals surface area contributed by atoms with Crippen LogP contribution in [0, 0.1) is 0 Å². The van der Waals surface area contributed by atoms with Crippen LogP contribution in [0.1, 0.15) is 123 Å². The Labute approximate surface area is 255 Å². The van der Waals surface area contributed by atoms with Gasteiger partial charge in [0.05, 0.1) is 0 Å². The fourth-order valence-corrected chi connectivity index (χ4v) is 6.49. The first-order valence-corrected chi connectivity index (χ1v) is 16.2. The van der Waals surface area contributed by atoms with Crippen molar-refractivity contribution >= 4 is 30.1 Å². The van der Waals surface area contributed by atoms with E-state index in [0.29, 0.717) is 0 Å². The molecule has 4 aromatic rings. The van der Waals surface area contributed by atoms with E-state index in [1.54, 1.807) is 0 Å². The Morgan fingerprint density at radius 3 is 1.05 bits per heavy atom. The molecule has 0 radical (unpaired) electrons. The van der Waals surface area contributed by atoms with Crippen LogP contribution in [-0.4, -0.2) is 9.79 Å². The highest BCUT2D eigenvalue weighted by Crippen LogP contribution is 2.50. The minimum absolute atomic E-state index is 0.0373. The number of benzene rings is 4. The summed E-state index contributed by atoms with van der Waals surface area (Å²) >= 11 is 0. The van der Waals surface area contributed by atoms with Gasteiger partial charge >= 0.3 is 8.60 Å². The van der Waals surface area contributed by atoms with E-state index in [-0.39, 0.29) is 21.7 Å². The molecule has 0 aromatic heterocycles. The fourth-order valence-electron chi connectivity index (χ4n) is 5.97. The van der Waals surface area contributed by atoms with Gasteiger partial charge in [-0.15, -0.1) is 0 Å². The zero-order valence-electron chi connectivity index (χ0n) is 28.0. The van der Waals surface area contributed by atoms with Gasteiger partial charge in [0.15, 0.2) is 0 Å². The third kappa shape index (κ3) is 6.46. The summed E-state index contributed by atoms with van der Waals surface area (Å²) in [5, 5.41) is 4.57. The third-order valence-corrected chi connectivity index (χ3v) is 9.12. The largest absolute Gasteiger partial charge is 0.328 e. The Bertz CT molecular complexity index is 1500. The molecule has 3 nitrogen and oxygen atoms in total. The molecule has 0 aliphatic heterocycles. The molecular weight excluding hydrogens is 535 g/mol. The van der Waals surface area contributed by atoms with Gasteiger partial charge in [0.2, 0.25) is 0 Å². The molecule has 4 heteroatoms. The van der Waals surface area contributed by atoms with E-state index in [1.165, 1.54) is 21.9 Å². The van der Waals surface area contributed by atoms with Crippen LogP contribution in [0.5, 0.6) is 0 Å². The molecule has 0 aliphatic carbocycles. The van der Waals surface area contributed by atoms with Gasteiger partial charge in [-0.3, -0.25) is 4.52 Å². The van der Waals surface area contributed by atoms with E-state index >= 15 is 0 Å². The third-order valence-electron chi connectivity index (χ3n) is 8.59. The maximum absolute atomic E-state index is 10.5. The average molecular weight is 587 g/mol. The van der Waals surface area contributed by atoms with Crippen molar-refractivity contribution in [3.63, 3.8) is 0 Å².